The van der Waals surface area contributed by atoms with Crippen molar-refractivity contribution in [2.45, 2.75) is 13.3 Å². The topological polar surface area (TPSA) is 181 Å². The number of rotatable bonds is 6. The van der Waals surface area contributed by atoms with Crippen molar-refractivity contribution >= 4 is 41.7 Å². The fourth-order valence-electron chi connectivity index (χ4n) is 1.88. The van der Waals surface area contributed by atoms with E-state index in [0.717, 1.165) is 0 Å². The van der Waals surface area contributed by atoms with Crippen LogP contribution in [0.4, 0.5) is 11.6 Å². The Morgan fingerprint density at radius 1 is 1.36 bits per heavy atom. The number of hydrogen-bond donors (Lipinski definition) is 6. The molecular formula is C13H20ClN9O2. The number of aromatic amines is 1. The smallest absolute Gasteiger partial charge is 0.292 e. The number of amides is 2. The molecule has 2 rings (SSSR count). The normalized spacial score (nSPS) is 10.0. The van der Waals surface area contributed by atoms with Gasteiger partial charge in [0.15, 0.2) is 11.6 Å². The van der Waals surface area contributed by atoms with Gasteiger partial charge in [0, 0.05) is 26.2 Å². The summed E-state index contributed by atoms with van der Waals surface area (Å²) < 4.78 is 1.47. The Labute approximate surface area is 149 Å². The van der Waals surface area contributed by atoms with E-state index in [0.29, 0.717) is 5.69 Å². The van der Waals surface area contributed by atoms with Gasteiger partial charge in [-0.3, -0.25) is 15.0 Å². The minimum atomic E-state index is -0.517. The van der Waals surface area contributed by atoms with E-state index in [1.54, 1.807) is 14.0 Å². The SMILES string of the molecule is Cc1[nH]c(C(=O)Nc2cn(C)c(C(=O)NCCC(=N)N)n2)nc1N.Cl. The Morgan fingerprint density at radius 2 is 2.04 bits per heavy atom. The average Bonchev–Trinajstić information content (AvgIpc) is 3.02. The molecule has 0 fully saturated rings. The summed E-state index contributed by atoms with van der Waals surface area (Å²) in [7, 11) is 1.62. The Kier molecular flexibility index (Phi) is 6.51. The lowest BCUT2D eigenvalue weighted by atomic mass is 10.4. The van der Waals surface area contributed by atoms with E-state index in [1.165, 1.54) is 10.8 Å². The largest absolute Gasteiger partial charge is 0.388 e. The predicted molar refractivity (Wildman–Crippen MR) is 95.0 cm³/mol. The van der Waals surface area contributed by atoms with Crippen molar-refractivity contribution in [1.82, 2.24) is 24.8 Å². The van der Waals surface area contributed by atoms with Crippen molar-refractivity contribution in [3.63, 3.8) is 0 Å². The summed E-state index contributed by atoms with van der Waals surface area (Å²) in [6, 6.07) is 0. The van der Waals surface area contributed by atoms with Crippen molar-refractivity contribution in [2.75, 3.05) is 17.6 Å². The number of amidine groups is 1. The van der Waals surface area contributed by atoms with Gasteiger partial charge in [-0.15, -0.1) is 12.4 Å². The van der Waals surface area contributed by atoms with E-state index in [9.17, 15) is 9.59 Å². The third-order valence-corrected chi connectivity index (χ3v) is 3.14. The van der Waals surface area contributed by atoms with Gasteiger partial charge in [0.1, 0.15) is 5.82 Å². The molecule has 2 aromatic heterocycles. The zero-order valence-corrected chi connectivity index (χ0v) is 14.5. The highest BCUT2D eigenvalue weighted by molar-refractivity contribution is 6.02. The van der Waals surface area contributed by atoms with E-state index < -0.39 is 11.8 Å². The van der Waals surface area contributed by atoms with Gasteiger partial charge in [0.05, 0.1) is 11.5 Å². The molecule has 12 heteroatoms. The lowest BCUT2D eigenvalue weighted by Crippen LogP contribution is -2.29. The lowest BCUT2D eigenvalue weighted by Gasteiger charge is -2.03. The number of imidazole rings is 2. The van der Waals surface area contributed by atoms with E-state index >= 15 is 0 Å². The highest BCUT2D eigenvalue weighted by atomic mass is 35.5. The molecule has 0 saturated heterocycles. The number of nitrogens with zero attached hydrogens (tertiary/aromatic N) is 3. The number of carbonyl (C=O) groups excluding carboxylic acids is 2. The second kappa shape index (κ2) is 8.15. The zero-order valence-electron chi connectivity index (χ0n) is 13.7. The minimum Gasteiger partial charge on any atom is -0.388 e. The Bertz CT molecular complexity index is 776. The fourth-order valence-corrected chi connectivity index (χ4v) is 1.88. The number of hydrogen-bond acceptors (Lipinski definition) is 6. The number of aryl methyl sites for hydroxylation is 2. The maximum Gasteiger partial charge on any atom is 0.292 e. The third kappa shape index (κ3) is 4.94. The van der Waals surface area contributed by atoms with Crippen molar-refractivity contribution in [3.05, 3.63) is 23.5 Å². The van der Waals surface area contributed by atoms with E-state index in [1.807, 2.05) is 0 Å². The maximum atomic E-state index is 12.1. The molecule has 11 nitrogen and oxygen atoms in total. The van der Waals surface area contributed by atoms with Crippen LogP contribution in [-0.4, -0.2) is 43.7 Å². The first-order chi connectivity index (χ1) is 11.3. The molecular weight excluding hydrogens is 350 g/mol. The van der Waals surface area contributed by atoms with Crippen LogP contribution in [0.5, 0.6) is 0 Å². The summed E-state index contributed by atoms with van der Waals surface area (Å²) in [5, 5.41) is 12.2. The molecule has 0 aliphatic rings. The number of aromatic nitrogens is 4. The van der Waals surface area contributed by atoms with Crippen molar-refractivity contribution in [1.29, 1.82) is 5.41 Å². The summed E-state index contributed by atoms with van der Waals surface area (Å²) in [6.07, 6.45) is 1.75. The minimum absolute atomic E-state index is 0. The highest BCUT2D eigenvalue weighted by Gasteiger charge is 2.17. The molecule has 2 amide bonds. The molecule has 0 atom stereocenters. The van der Waals surface area contributed by atoms with Crippen LogP contribution in [0.2, 0.25) is 0 Å². The van der Waals surface area contributed by atoms with Crippen LogP contribution in [0.25, 0.3) is 0 Å². The molecule has 2 aromatic rings. The molecule has 0 radical (unpaired) electrons. The van der Waals surface area contributed by atoms with Crippen LogP contribution >= 0.6 is 12.4 Å². The first kappa shape index (κ1) is 20.0. The van der Waals surface area contributed by atoms with E-state index in [4.69, 9.17) is 16.9 Å². The number of carbonyl (C=O) groups is 2. The molecule has 0 spiro atoms. The van der Waals surface area contributed by atoms with Crippen LogP contribution in [0.1, 0.15) is 33.4 Å². The number of halogens is 1. The predicted octanol–water partition coefficient (Wildman–Crippen LogP) is -0.236. The standard InChI is InChI=1S/C13H19N9O2.ClH/c1-6-9(16)21-10(18-6)12(23)20-8-5-22(2)11(19-8)13(24)17-4-3-7(14)15;/h5H,3-4,16H2,1-2H3,(H3,14,15)(H,17,24)(H,18,21)(H,20,23);1H. The number of nitrogen functional groups attached to an aromatic ring is 1. The number of nitrogens with two attached hydrogens (primary N) is 2. The molecule has 0 unspecified atom stereocenters. The average molecular weight is 370 g/mol. The van der Waals surface area contributed by atoms with Crippen molar-refractivity contribution in [3.8, 4) is 0 Å². The lowest BCUT2D eigenvalue weighted by molar-refractivity contribution is 0.0940. The monoisotopic (exact) mass is 369 g/mol. The summed E-state index contributed by atoms with van der Waals surface area (Å²) in [4.78, 5) is 34.8. The van der Waals surface area contributed by atoms with Crippen LogP contribution in [-0.2, 0) is 7.05 Å². The van der Waals surface area contributed by atoms with E-state index in [-0.39, 0.29) is 54.5 Å². The second-order valence-corrected chi connectivity index (χ2v) is 5.14. The van der Waals surface area contributed by atoms with Gasteiger partial charge in [-0.25, -0.2) is 9.97 Å². The Balaban J connectivity index is 0.00000312. The Hall–Kier alpha value is -3.08. The van der Waals surface area contributed by atoms with Crippen LogP contribution in [0.15, 0.2) is 6.20 Å². The third-order valence-electron chi connectivity index (χ3n) is 3.14. The van der Waals surface area contributed by atoms with Crippen molar-refractivity contribution in [2.24, 2.45) is 12.8 Å². The molecule has 0 aliphatic carbocycles. The Morgan fingerprint density at radius 3 is 2.60 bits per heavy atom. The first-order valence-corrected chi connectivity index (χ1v) is 7.05. The van der Waals surface area contributed by atoms with Gasteiger partial charge >= 0.3 is 0 Å². The summed E-state index contributed by atoms with van der Waals surface area (Å²) in [6.45, 7) is 1.93. The molecule has 0 aromatic carbocycles. The highest BCUT2D eigenvalue weighted by Crippen LogP contribution is 2.11. The molecule has 2 heterocycles. The van der Waals surface area contributed by atoms with Gasteiger partial charge in [0.25, 0.3) is 11.8 Å². The van der Waals surface area contributed by atoms with Gasteiger partial charge in [0.2, 0.25) is 5.82 Å². The summed E-state index contributed by atoms with van der Waals surface area (Å²) in [5.74, 6) is -0.351. The van der Waals surface area contributed by atoms with Crippen LogP contribution in [0, 0.1) is 12.3 Å². The second-order valence-electron chi connectivity index (χ2n) is 5.14. The van der Waals surface area contributed by atoms with E-state index in [2.05, 4.69) is 25.6 Å². The fraction of sp³-hybridized carbons (Fsp3) is 0.308. The molecule has 8 N–H and O–H groups in total. The first-order valence-electron chi connectivity index (χ1n) is 7.05. The van der Waals surface area contributed by atoms with Gasteiger partial charge in [-0.05, 0) is 6.92 Å². The molecule has 0 saturated carbocycles. The molecule has 0 aliphatic heterocycles. The molecule has 0 bridgehead atoms. The van der Waals surface area contributed by atoms with Gasteiger partial charge < -0.3 is 31.7 Å². The summed E-state index contributed by atoms with van der Waals surface area (Å²) >= 11 is 0. The molecule has 25 heavy (non-hydrogen) atoms. The summed E-state index contributed by atoms with van der Waals surface area (Å²) in [5.41, 5.74) is 11.4. The van der Waals surface area contributed by atoms with Gasteiger partial charge in [-0.2, -0.15) is 0 Å². The number of nitrogens with one attached hydrogen (secondary N) is 4. The zero-order chi connectivity index (χ0) is 17.9. The molecule has 136 valence electrons. The van der Waals surface area contributed by atoms with Crippen LogP contribution in [0.3, 0.4) is 0 Å². The van der Waals surface area contributed by atoms with Crippen LogP contribution < -0.4 is 22.1 Å². The number of H-pyrrole nitrogens is 1. The quantitative estimate of drug-likeness (QED) is 0.302. The van der Waals surface area contributed by atoms with Crippen molar-refractivity contribution < 1.29 is 9.59 Å². The van der Waals surface area contributed by atoms with Gasteiger partial charge in [-0.1, -0.05) is 0 Å². The number of anilines is 2. The maximum absolute atomic E-state index is 12.1.